The fourth-order valence-electron chi connectivity index (χ4n) is 5.36. The zero-order valence-corrected chi connectivity index (χ0v) is 20.0. The highest BCUT2D eigenvalue weighted by Gasteiger charge is 2.40. The van der Waals surface area contributed by atoms with Crippen LogP contribution < -0.4 is 0 Å². The summed E-state index contributed by atoms with van der Waals surface area (Å²) in [6.45, 7) is 5.91. The molecule has 9 heteroatoms. The largest absolute Gasteiger partial charge is 0.325 e. The number of imidazole rings is 1. The van der Waals surface area contributed by atoms with Crippen molar-refractivity contribution >= 4 is 11.6 Å². The van der Waals surface area contributed by atoms with Crippen molar-refractivity contribution in [2.45, 2.75) is 52.1 Å². The minimum Gasteiger partial charge on any atom is -0.325 e. The van der Waals surface area contributed by atoms with Gasteiger partial charge < -0.3 is 4.90 Å². The summed E-state index contributed by atoms with van der Waals surface area (Å²) < 4.78 is 45.2. The molecule has 0 saturated heterocycles. The van der Waals surface area contributed by atoms with Crippen molar-refractivity contribution in [3.8, 4) is 11.3 Å². The van der Waals surface area contributed by atoms with Gasteiger partial charge in [-0.15, -0.1) is 0 Å². The third-order valence-electron chi connectivity index (χ3n) is 6.94. The van der Waals surface area contributed by atoms with Crippen molar-refractivity contribution in [2.24, 2.45) is 7.05 Å². The summed E-state index contributed by atoms with van der Waals surface area (Å²) >= 11 is 0. The first-order valence-electron chi connectivity index (χ1n) is 11.7. The molecule has 0 N–H and O–H groups in total. The molecule has 5 rings (SSSR count). The van der Waals surface area contributed by atoms with Crippen LogP contribution in [0.25, 0.3) is 16.9 Å². The summed E-state index contributed by atoms with van der Waals surface area (Å²) in [7, 11) is 1.70. The first kappa shape index (κ1) is 23.1. The number of halogens is 3. The number of pyridine rings is 1. The first-order chi connectivity index (χ1) is 16.8. The maximum Gasteiger partial charge on any atom is 0.271 e. The zero-order chi connectivity index (χ0) is 25.0. The van der Waals surface area contributed by atoms with Crippen LogP contribution in [0.2, 0.25) is 0 Å². The monoisotopic (exact) mass is 481 g/mol. The van der Waals surface area contributed by atoms with Crippen LogP contribution in [-0.4, -0.2) is 36.0 Å². The average molecular weight is 482 g/mol. The Bertz CT molecular complexity index is 1430. The van der Waals surface area contributed by atoms with E-state index in [1.165, 1.54) is 0 Å². The molecule has 4 heterocycles. The summed E-state index contributed by atoms with van der Waals surface area (Å²) in [5, 5.41) is 4.69. The van der Waals surface area contributed by atoms with E-state index in [4.69, 9.17) is 5.10 Å². The van der Waals surface area contributed by atoms with E-state index in [9.17, 15) is 18.0 Å². The quantitative estimate of drug-likeness (QED) is 0.368. The molecule has 2 atom stereocenters. The number of hydrogen-bond acceptors (Lipinski definition) is 3. The molecule has 1 aromatic carbocycles. The summed E-state index contributed by atoms with van der Waals surface area (Å²) in [5.41, 5.74) is 4.38. The summed E-state index contributed by atoms with van der Waals surface area (Å²) in [6, 6.07) is 6.99. The topological polar surface area (TPSA) is 55.4 Å². The molecule has 0 radical (unpaired) electrons. The predicted molar refractivity (Wildman–Crippen MR) is 125 cm³/mol. The van der Waals surface area contributed by atoms with E-state index in [1.54, 1.807) is 24.0 Å². The molecule has 6 nitrogen and oxygen atoms in total. The van der Waals surface area contributed by atoms with Crippen LogP contribution in [0.1, 0.15) is 60.2 Å². The van der Waals surface area contributed by atoms with E-state index in [1.807, 2.05) is 42.2 Å². The second kappa shape index (κ2) is 8.55. The van der Waals surface area contributed by atoms with Gasteiger partial charge in [-0.25, -0.2) is 18.2 Å². The third kappa shape index (κ3) is 3.52. The number of aryl methyl sites for hydroxylation is 2. The standard InChI is InChI=1S/C26H26F3N5O/c1-5-16-12-17-24(31-32(4)25(17)15-10-18(27)23(29)19(28)11-15)20(6-2)34(16)26(35)21-8-7-9-22-30-13-14(3)33(21)22/h7-11,13,16,20H,5-6,12H2,1-4H3/t16-,20+/m0/s1. The van der Waals surface area contributed by atoms with Crippen LogP contribution in [0.15, 0.2) is 36.5 Å². The van der Waals surface area contributed by atoms with Crippen molar-refractivity contribution in [1.29, 1.82) is 0 Å². The number of aromatic nitrogens is 4. The lowest BCUT2D eigenvalue weighted by atomic mass is 9.87. The highest BCUT2D eigenvalue weighted by Crippen LogP contribution is 2.41. The van der Waals surface area contributed by atoms with E-state index < -0.39 is 17.5 Å². The molecule has 1 aliphatic heterocycles. The first-order valence-corrected chi connectivity index (χ1v) is 11.7. The Morgan fingerprint density at radius 3 is 2.49 bits per heavy atom. The Balaban J connectivity index is 1.64. The molecule has 4 aromatic rings. The van der Waals surface area contributed by atoms with Gasteiger partial charge >= 0.3 is 0 Å². The predicted octanol–water partition coefficient (Wildman–Crippen LogP) is 5.39. The maximum absolute atomic E-state index is 14.1. The molecule has 0 spiro atoms. The Morgan fingerprint density at radius 1 is 1.11 bits per heavy atom. The normalized spacial score (nSPS) is 17.7. The average Bonchev–Trinajstić information content (AvgIpc) is 3.39. The number of nitrogens with zero attached hydrogens (tertiary/aromatic N) is 5. The van der Waals surface area contributed by atoms with Crippen LogP contribution in [0.3, 0.4) is 0 Å². The third-order valence-corrected chi connectivity index (χ3v) is 6.94. The maximum atomic E-state index is 14.1. The molecule has 1 amide bonds. The van der Waals surface area contributed by atoms with Gasteiger partial charge in [0.2, 0.25) is 0 Å². The Hall–Kier alpha value is -3.62. The van der Waals surface area contributed by atoms with Gasteiger partial charge in [-0.1, -0.05) is 19.9 Å². The lowest BCUT2D eigenvalue weighted by molar-refractivity contribution is 0.0505. The molecule has 0 fully saturated rings. The van der Waals surface area contributed by atoms with Crippen LogP contribution in [0, 0.1) is 24.4 Å². The van der Waals surface area contributed by atoms with Crippen LogP contribution in [-0.2, 0) is 13.5 Å². The molecule has 35 heavy (non-hydrogen) atoms. The van der Waals surface area contributed by atoms with Gasteiger partial charge in [-0.05, 0) is 50.5 Å². The van der Waals surface area contributed by atoms with Crippen molar-refractivity contribution in [2.75, 3.05) is 0 Å². The smallest absolute Gasteiger partial charge is 0.271 e. The summed E-state index contributed by atoms with van der Waals surface area (Å²) in [6.07, 6.45) is 3.50. The molecule has 0 aliphatic carbocycles. The van der Waals surface area contributed by atoms with E-state index in [0.717, 1.165) is 23.4 Å². The van der Waals surface area contributed by atoms with Gasteiger partial charge in [0.1, 0.15) is 11.3 Å². The number of carbonyl (C=O) groups is 1. The molecule has 0 saturated carbocycles. The molecule has 0 unspecified atom stereocenters. The minimum atomic E-state index is -1.50. The van der Waals surface area contributed by atoms with E-state index in [0.29, 0.717) is 42.0 Å². The van der Waals surface area contributed by atoms with Crippen molar-refractivity contribution in [1.82, 2.24) is 24.1 Å². The highest BCUT2D eigenvalue weighted by molar-refractivity contribution is 5.94. The lowest BCUT2D eigenvalue weighted by Gasteiger charge is -2.41. The molecule has 0 bridgehead atoms. The van der Waals surface area contributed by atoms with E-state index in [2.05, 4.69) is 4.98 Å². The van der Waals surface area contributed by atoms with Gasteiger partial charge in [-0.2, -0.15) is 5.10 Å². The van der Waals surface area contributed by atoms with Gasteiger partial charge in [0.25, 0.3) is 5.91 Å². The number of rotatable bonds is 4. The van der Waals surface area contributed by atoms with E-state index >= 15 is 0 Å². The van der Waals surface area contributed by atoms with Crippen LogP contribution in [0.5, 0.6) is 0 Å². The van der Waals surface area contributed by atoms with Gasteiger partial charge in [0, 0.05) is 36.1 Å². The molecule has 3 aromatic heterocycles. The zero-order valence-electron chi connectivity index (χ0n) is 20.0. The van der Waals surface area contributed by atoms with Crippen LogP contribution in [0.4, 0.5) is 13.2 Å². The summed E-state index contributed by atoms with van der Waals surface area (Å²) in [4.78, 5) is 20.3. The molecule has 1 aliphatic rings. The van der Waals surface area contributed by atoms with Gasteiger partial charge in [-0.3, -0.25) is 13.9 Å². The fourth-order valence-corrected chi connectivity index (χ4v) is 5.36. The second-order valence-corrected chi connectivity index (χ2v) is 9.00. The summed E-state index contributed by atoms with van der Waals surface area (Å²) in [5.74, 6) is -4.11. The van der Waals surface area contributed by atoms with Crippen molar-refractivity contribution < 1.29 is 18.0 Å². The van der Waals surface area contributed by atoms with Gasteiger partial charge in [0.15, 0.2) is 17.5 Å². The number of benzene rings is 1. The number of fused-ring (bicyclic) bond motifs is 2. The lowest BCUT2D eigenvalue weighted by Crippen LogP contribution is -2.47. The Morgan fingerprint density at radius 2 is 1.83 bits per heavy atom. The second-order valence-electron chi connectivity index (χ2n) is 9.00. The number of amides is 1. The fraction of sp³-hybridized carbons (Fsp3) is 0.346. The molecule has 182 valence electrons. The minimum absolute atomic E-state index is 0.118. The highest BCUT2D eigenvalue weighted by atomic mass is 19.2. The number of carbonyl (C=O) groups excluding carboxylic acids is 1. The molecular formula is C26H26F3N5O. The van der Waals surface area contributed by atoms with Crippen molar-refractivity contribution in [3.63, 3.8) is 0 Å². The molecular weight excluding hydrogens is 455 g/mol. The van der Waals surface area contributed by atoms with E-state index in [-0.39, 0.29) is 23.6 Å². The number of hydrogen-bond donors (Lipinski definition) is 0. The Kier molecular flexibility index (Phi) is 5.65. The Labute approximate surface area is 201 Å². The van der Waals surface area contributed by atoms with Crippen LogP contribution >= 0.6 is 0 Å². The SMILES string of the molecule is CC[C@H]1Cc2c(nn(C)c2-c2cc(F)c(F)c(F)c2)[C@@H](CC)N1C(=O)c1cccc2ncc(C)n12. The van der Waals surface area contributed by atoms with Crippen molar-refractivity contribution in [3.05, 3.63) is 76.6 Å². The van der Waals surface area contributed by atoms with Gasteiger partial charge in [0.05, 0.1) is 17.4 Å².